The van der Waals surface area contributed by atoms with Crippen molar-refractivity contribution in [3.8, 4) is 17.2 Å². The van der Waals surface area contributed by atoms with Crippen molar-refractivity contribution < 1.29 is 52.0 Å². The summed E-state index contributed by atoms with van der Waals surface area (Å²) in [5.41, 5.74) is 2.63. The maximum atomic E-state index is 14.0. The van der Waals surface area contributed by atoms with Crippen molar-refractivity contribution in [2.75, 3.05) is 21.0 Å². The molecule has 0 aromatic heterocycles. The molecule has 0 spiro atoms. The SMILES string of the molecule is COc1ccc2cc(S(=O)(=O)N[C@H](CC(=O)N[C@H](Cc3ccc(CN4[C@H](C)CCC[C@@H]4C)cc3)C(=O)N(C)C(C)C)c3ccc4c(c3)OCO4)ccc2c1.O=C(O)/C=C/C(=O)O. The first-order valence-electron chi connectivity index (χ1n) is 20.5. The van der Waals surface area contributed by atoms with Crippen molar-refractivity contribution in [1.29, 1.82) is 0 Å². The fourth-order valence-electron chi connectivity index (χ4n) is 7.40. The summed E-state index contributed by atoms with van der Waals surface area (Å²) in [6.45, 7) is 9.32. The Bertz CT molecular complexity index is 2340. The summed E-state index contributed by atoms with van der Waals surface area (Å²) in [7, 11) is -0.830. The van der Waals surface area contributed by atoms with Crippen LogP contribution in [0.2, 0.25) is 0 Å². The monoisotopic (exact) mass is 872 g/mol. The van der Waals surface area contributed by atoms with Crippen LogP contribution in [0, 0.1) is 0 Å². The third-order valence-corrected chi connectivity index (χ3v) is 12.6. The van der Waals surface area contributed by atoms with Gasteiger partial charge in [-0.15, -0.1) is 0 Å². The number of benzene rings is 4. The number of nitrogens with zero attached hydrogens (tertiary/aromatic N) is 2. The molecule has 332 valence electrons. The number of likely N-dealkylation sites (tertiary alicyclic amines) is 1. The van der Waals surface area contributed by atoms with Crippen LogP contribution in [-0.4, -0.2) is 97.3 Å². The molecule has 4 atom stereocenters. The Labute approximate surface area is 362 Å². The van der Waals surface area contributed by atoms with E-state index in [9.17, 15) is 27.6 Å². The van der Waals surface area contributed by atoms with Gasteiger partial charge in [-0.2, -0.15) is 0 Å². The molecule has 2 amide bonds. The van der Waals surface area contributed by atoms with Gasteiger partial charge < -0.3 is 34.6 Å². The molecule has 0 saturated carbocycles. The largest absolute Gasteiger partial charge is 0.497 e. The topological polar surface area (TPSA) is 201 Å². The van der Waals surface area contributed by atoms with Crippen LogP contribution in [0.4, 0.5) is 0 Å². The number of carbonyl (C=O) groups excluding carboxylic acids is 2. The third kappa shape index (κ3) is 12.8. The molecular formula is C46H56N4O11S. The van der Waals surface area contributed by atoms with Gasteiger partial charge in [0.15, 0.2) is 11.5 Å². The summed E-state index contributed by atoms with van der Waals surface area (Å²) in [6, 6.07) is 22.7. The van der Waals surface area contributed by atoms with Crippen LogP contribution in [0.25, 0.3) is 10.8 Å². The van der Waals surface area contributed by atoms with Gasteiger partial charge in [0.25, 0.3) is 0 Å². The average Bonchev–Trinajstić information content (AvgIpc) is 3.72. The first-order chi connectivity index (χ1) is 29.4. The summed E-state index contributed by atoms with van der Waals surface area (Å²) < 4.78 is 47.0. The maximum Gasteiger partial charge on any atom is 0.328 e. The van der Waals surface area contributed by atoms with Crippen LogP contribution in [-0.2, 0) is 42.2 Å². The van der Waals surface area contributed by atoms with Gasteiger partial charge in [0, 0.05) is 56.7 Å². The number of likely N-dealkylation sites (N-methyl/N-ethyl adjacent to an activating group) is 1. The number of amides is 2. The second-order valence-corrected chi connectivity index (χ2v) is 17.6. The second kappa shape index (κ2) is 21.2. The minimum absolute atomic E-state index is 0.0438. The number of carboxylic acids is 2. The van der Waals surface area contributed by atoms with E-state index < -0.39 is 40.0 Å². The van der Waals surface area contributed by atoms with E-state index in [0.717, 1.165) is 22.9 Å². The van der Waals surface area contributed by atoms with Crippen LogP contribution < -0.4 is 24.2 Å². The summed E-state index contributed by atoms with van der Waals surface area (Å²) in [6.07, 6.45) is 4.78. The lowest BCUT2D eigenvalue weighted by Crippen LogP contribution is -2.50. The number of hydrogen-bond donors (Lipinski definition) is 4. The summed E-state index contributed by atoms with van der Waals surface area (Å²) in [4.78, 5) is 51.1. The van der Waals surface area contributed by atoms with E-state index in [4.69, 9.17) is 24.4 Å². The Morgan fingerprint density at radius 2 is 1.47 bits per heavy atom. The van der Waals surface area contributed by atoms with E-state index in [1.807, 2.05) is 32.0 Å². The standard InChI is InChI=1S/C42H52N4O7S.C4H4O4/c1-27(2)45(5)42(48)38(20-30-10-12-31(13-11-30)25-46-28(3)8-7-9-29(46)4)43-41(47)24-37(34-16-19-39-40(23-34)53-26-52-39)44-54(49,50)36-18-15-32-21-35(51-6)17-14-33(32)22-36;5-3(6)1-2-4(7)8/h10-19,21-23,27-29,37-38,44H,7-9,20,24-26H2,1-6H3,(H,43,47);1-2H,(H,5,6)(H,7,8)/b;2-1+/t28-,29+,37-,38-;/m1./s1. The molecular weight excluding hydrogens is 817 g/mol. The zero-order valence-corrected chi connectivity index (χ0v) is 36.7. The normalized spacial score (nSPS) is 17.2. The van der Waals surface area contributed by atoms with E-state index in [0.29, 0.717) is 47.0 Å². The summed E-state index contributed by atoms with van der Waals surface area (Å²) in [5.74, 6) is -1.58. The predicted molar refractivity (Wildman–Crippen MR) is 233 cm³/mol. The summed E-state index contributed by atoms with van der Waals surface area (Å²) in [5, 5.41) is 20.1. The van der Waals surface area contributed by atoms with Crippen LogP contribution in [0.5, 0.6) is 17.2 Å². The number of methoxy groups -OCH3 is 1. The second-order valence-electron chi connectivity index (χ2n) is 15.9. The van der Waals surface area contributed by atoms with Crippen molar-refractivity contribution >= 4 is 44.5 Å². The first-order valence-corrected chi connectivity index (χ1v) is 22.0. The van der Waals surface area contributed by atoms with Gasteiger partial charge in [-0.1, -0.05) is 48.9 Å². The molecule has 15 nitrogen and oxygen atoms in total. The van der Waals surface area contributed by atoms with Crippen molar-refractivity contribution in [2.24, 2.45) is 0 Å². The number of carbonyl (C=O) groups is 4. The fourth-order valence-corrected chi connectivity index (χ4v) is 8.66. The highest BCUT2D eigenvalue weighted by atomic mass is 32.2. The maximum absolute atomic E-state index is 14.0. The molecule has 4 aromatic rings. The van der Waals surface area contributed by atoms with Gasteiger partial charge in [-0.3, -0.25) is 14.5 Å². The average molecular weight is 873 g/mol. The van der Waals surface area contributed by atoms with Gasteiger partial charge in [0.05, 0.1) is 18.0 Å². The van der Waals surface area contributed by atoms with E-state index in [-0.39, 0.29) is 36.5 Å². The van der Waals surface area contributed by atoms with Crippen molar-refractivity contribution in [3.63, 3.8) is 0 Å². The number of aliphatic carboxylic acids is 2. The molecule has 0 unspecified atom stereocenters. The number of ether oxygens (including phenoxy) is 3. The highest BCUT2D eigenvalue weighted by Crippen LogP contribution is 2.36. The quantitative estimate of drug-likeness (QED) is 0.0951. The predicted octanol–water partition coefficient (Wildman–Crippen LogP) is 6.06. The van der Waals surface area contributed by atoms with E-state index in [1.54, 1.807) is 61.5 Å². The van der Waals surface area contributed by atoms with Gasteiger partial charge in [-0.05, 0) is 104 Å². The number of nitrogens with one attached hydrogen (secondary N) is 2. The Hall–Kier alpha value is -5.97. The zero-order chi connectivity index (χ0) is 45.1. The smallest absolute Gasteiger partial charge is 0.328 e. The lowest BCUT2D eigenvalue weighted by atomic mass is 9.96. The molecule has 2 heterocycles. The minimum atomic E-state index is -4.13. The molecule has 4 N–H and O–H groups in total. The van der Waals surface area contributed by atoms with Crippen LogP contribution in [0.15, 0.2) is 95.9 Å². The van der Waals surface area contributed by atoms with Gasteiger partial charge in [0.2, 0.25) is 28.6 Å². The lowest BCUT2D eigenvalue weighted by Gasteiger charge is -2.39. The minimum Gasteiger partial charge on any atom is -0.497 e. The Morgan fingerprint density at radius 1 is 0.855 bits per heavy atom. The van der Waals surface area contributed by atoms with E-state index in [2.05, 4.69) is 40.9 Å². The highest BCUT2D eigenvalue weighted by molar-refractivity contribution is 7.89. The number of rotatable bonds is 16. The van der Waals surface area contributed by atoms with Crippen LogP contribution in [0.3, 0.4) is 0 Å². The molecule has 2 aliphatic rings. The Kier molecular flexibility index (Phi) is 16.1. The fraction of sp³-hybridized carbons (Fsp3) is 0.391. The number of sulfonamides is 1. The number of hydrogen-bond acceptors (Lipinski definition) is 10. The molecule has 0 radical (unpaired) electrons. The molecule has 1 saturated heterocycles. The van der Waals surface area contributed by atoms with E-state index in [1.165, 1.54) is 30.9 Å². The zero-order valence-electron chi connectivity index (χ0n) is 35.9. The van der Waals surface area contributed by atoms with Gasteiger partial charge in [0.1, 0.15) is 11.8 Å². The number of piperidine rings is 1. The van der Waals surface area contributed by atoms with Crippen molar-refractivity contribution in [3.05, 3.63) is 108 Å². The van der Waals surface area contributed by atoms with Crippen LogP contribution >= 0.6 is 0 Å². The molecule has 16 heteroatoms. The first kappa shape index (κ1) is 47.1. The number of fused-ring (bicyclic) bond motifs is 2. The Morgan fingerprint density at radius 3 is 2.10 bits per heavy atom. The molecule has 0 aliphatic carbocycles. The van der Waals surface area contributed by atoms with Crippen molar-refractivity contribution in [1.82, 2.24) is 19.8 Å². The van der Waals surface area contributed by atoms with Gasteiger partial charge in [-0.25, -0.2) is 22.7 Å². The van der Waals surface area contributed by atoms with Crippen LogP contribution in [0.1, 0.15) is 76.1 Å². The number of carboxylic acid groups (broad SMARTS) is 2. The lowest BCUT2D eigenvalue weighted by molar-refractivity contribution is -0.136. The molecule has 62 heavy (non-hydrogen) atoms. The molecule has 2 aliphatic heterocycles. The third-order valence-electron chi connectivity index (χ3n) is 11.1. The summed E-state index contributed by atoms with van der Waals surface area (Å²) >= 11 is 0. The molecule has 4 aromatic carbocycles. The van der Waals surface area contributed by atoms with Gasteiger partial charge >= 0.3 is 11.9 Å². The molecule has 0 bridgehead atoms. The Balaban J connectivity index is 0.000000826. The molecule has 6 rings (SSSR count). The highest BCUT2D eigenvalue weighted by Gasteiger charge is 2.30. The van der Waals surface area contributed by atoms with E-state index >= 15 is 0 Å². The molecule has 1 fully saturated rings. The van der Waals surface area contributed by atoms with Crippen molar-refractivity contribution in [2.45, 2.75) is 101 Å².